The van der Waals surface area contributed by atoms with Crippen LogP contribution in [-0.4, -0.2) is 21.7 Å². The average molecular weight is 361 g/mol. The van der Waals surface area contributed by atoms with E-state index in [0.717, 1.165) is 11.3 Å². The van der Waals surface area contributed by atoms with Crippen LogP contribution in [0.3, 0.4) is 0 Å². The Kier molecular flexibility index (Phi) is 4.61. The summed E-state index contributed by atoms with van der Waals surface area (Å²) in [6, 6.07) is 19.8. The standard InChI is InChI=1S/C21H16FN3O2/c1-2-26-20-16(12-13-18(23-20)14-8-4-3-5-9-14)19-24-21(27-25-19)15-10-6-7-11-17(15)22/h3-13H,2H2,1H3. The van der Waals surface area contributed by atoms with E-state index >= 15 is 0 Å². The normalized spacial score (nSPS) is 10.7. The molecule has 0 saturated carbocycles. The summed E-state index contributed by atoms with van der Waals surface area (Å²) in [7, 11) is 0. The first-order valence-electron chi connectivity index (χ1n) is 8.54. The molecule has 0 amide bonds. The Morgan fingerprint density at radius 3 is 2.44 bits per heavy atom. The number of hydrogen-bond acceptors (Lipinski definition) is 5. The predicted octanol–water partition coefficient (Wildman–Crippen LogP) is 5.00. The van der Waals surface area contributed by atoms with Crippen LogP contribution in [0.4, 0.5) is 4.39 Å². The van der Waals surface area contributed by atoms with Crippen molar-refractivity contribution in [2.24, 2.45) is 0 Å². The molecule has 0 aliphatic carbocycles. The molecule has 2 heterocycles. The van der Waals surface area contributed by atoms with Gasteiger partial charge in [-0.15, -0.1) is 0 Å². The third kappa shape index (κ3) is 3.42. The molecule has 0 atom stereocenters. The summed E-state index contributed by atoms with van der Waals surface area (Å²) in [6.45, 7) is 2.32. The SMILES string of the molecule is CCOc1nc(-c2ccccc2)ccc1-c1noc(-c2ccccc2F)n1. The van der Waals surface area contributed by atoms with Gasteiger partial charge in [-0.05, 0) is 31.2 Å². The minimum atomic E-state index is -0.421. The van der Waals surface area contributed by atoms with E-state index in [4.69, 9.17) is 9.26 Å². The molecule has 4 rings (SSSR count). The lowest BCUT2D eigenvalue weighted by molar-refractivity contribution is 0.328. The number of nitrogens with zero attached hydrogens (tertiary/aromatic N) is 3. The summed E-state index contributed by atoms with van der Waals surface area (Å²) < 4.78 is 24.9. The highest BCUT2D eigenvalue weighted by molar-refractivity contribution is 5.69. The largest absolute Gasteiger partial charge is 0.477 e. The van der Waals surface area contributed by atoms with Crippen molar-refractivity contribution in [1.29, 1.82) is 0 Å². The Bertz CT molecular complexity index is 1060. The third-order valence-electron chi connectivity index (χ3n) is 3.98. The van der Waals surface area contributed by atoms with Gasteiger partial charge in [0, 0.05) is 5.56 Å². The molecule has 0 radical (unpaired) electrons. The number of aromatic nitrogens is 3. The minimum Gasteiger partial charge on any atom is -0.477 e. The van der Waals surface area contributed by atoms with Gasteiger partial charge >= 0.3 is 0 Å². The second-order valence-electron chi connectivity index (χ2n) is 5.75. The fourth-order valence-corrected chi connectivity index (χ4v) is 2.70. The maximum atomic E-state index is 14.0. The van der Waals surface area contributed by atoms with Gasteiger partial charge in [0.1, 0.15) is 5.82 Å². The molecule has 0 aliphatic heterocycles. The highest BCUT2D eigenvalue weighted by Gasteiger charge is 2.18. The van der Waals surface area contributed by atoms with Gasteiger partial charge in [-0.1, -0.05) is 47.6 Å². The lowest BCUT2D eigenvalue weighted by Gasteiger charge is -2.09. The smallest absolute Gasteiger partial charge is 0.261 e. The van der Waals surface area contributed by atoms with E-state index in [0.29, 0.717) is 23.9 Å². The molecule has 0 spiro atoms. The van der Waals surface area contributed by atoms with Crippen molar-refractivity contribution >= 4 is 0 Å². The Balaban J connectivity index is 1.74. The fraction of sp³-hybridized carbons (Fsp3) is 0.0952. The summed E-state index contributed by atoms with van der Waals surface area (Å²) in [5.74, 6) is 0.386. The van der Waals surface area contributed by atoms with Crippen LogP contribution >= 0.6 is 0 Å². The van der Waals surface area contributed by atoms with Crippen molar-refractivity contribution in [2.75, 3.05) is 6.61 Å². The second-order valence-corrected chi connectivity index (χ2v) is 5.75. The van der Waals surface area contributed by atoms with Crippen LogP contribution in [0.2, 0.25) is 0 Å². The van der Waals surface area contributed by atoms with Crippen LogP contribution in [0, 0.1) is 5.82 Å². The lowest BCUT2D eigenvalue weighted by atomic mass is 10.1. The zero-order valence-electron chi connectivity index (χ0n) is 14.6. The van der Waals surface area contributed by atoms with Gasteiger partial charge in [-0.3, -0.25) is 0 Å². The van der Waals surface area contributed by atoms with Crippen LogP contribution in [0.1, 0.15) is 6.92 Å². The molecule has 0 bridgehead atoms. The molecule has 27 heavy (non-hydrogen) atoms. The van der Waals surface area contributed by atoms with Gasteiger partial charge in [0.05, 0.1) is 23.4 Å². The lowest BCUT2D eigenvalue weighted by Crippen LogP contribution is -1.99. The van der Waals surface area contributed by atoms with E-state index in [1.807, 2.05) is 49.4 Å². The molecule has 2 aromatic heterocycles. The van der Waals surface area contributed by atoms with Gasteiger partial charge in [0.2, 0.25) is 11.7 Å². The van der Waals surface area contributed by atoms with Crippen molar-refractivity contribution in [2.45, 2.75) is 6.92 Å². The molecule has 0 N–H and O–H groups in total. The van der Waals surface area contributed by atoms with Gasteiger partial charge in [-0.25, -0.2) is 9.37 Å². The first-order valence-corrected chi connectivity index (χ1v) is 8.54. The molecule has 134 valence electrons. The number of hydrogen-bond donors (Lipinski definition) is 0. The first kappa shape index (κ1) is 16.9. The zero-order chi connectivity index (χ0) is 18.6. The summed E-state index contributed by atoms with van der Waals surface area (Å²) in [6.07, 6.45) is 0. The molecular formula is C21H16FN3O2. The van der Waals surface area contributed by atoms with Crippen LogP contribution < -0.4 is 4.74 Å². The predicted molar refractivity (Wildman–Crippen MR) is 99.5 cm³/mol. The molecule has 6 heteroatoms. The van der Waals surface area contributed by atoms with E-state index in [2.05, 4.69) is 15.1 Å². The topological polar surface area (TPSA) is 61.0 Å². The highest BCUT2D eigenvalue weighted by atomic mass is 19.1. The van der Waals surface area contributed by atoms with Crippen LogP contribution in [0.5, 0.6) is 5.88 Å². The van der Waals surface area contributed by atoms with Gasteiger partial charge in [0.25, 0.3) is 5.89 Å². The van der Waals surface area contributed by atoms with Crippen LogP contribution in [0.25, 0.3) is 34.1 Å². The Morgan fingerprint density at radius 2 is 1.67 bits per heavy atom. The molecule has 0 saturated heterocycles. The highest BCUT2D eigenvalue weighted by Crippen LogP contribution is 2.31. The first-order chi connectivity index (χ1) is 13.3. The van der Waals surface area contributed by atoms with E-state index in [1.54, 1.807) is 18.2 Å². The summed E-state index contributed by atoms with van der Waals surface area (Å²) in [5, 5.41) is 3.98. The Labute approximate surface area is 155 Å². The van der Waals surface area contributed by atoms with E-state index in [9.17, 15) is 4.39 Å². The number of benzene rings is 2. The Morgan fingerprint density at radius 1 is 0.889 bits per heavy atom. The number of ether oxygens (including phenoxy) is 1. The van der Waals surface area contributed by atoms with E-state index < -0.39 is 5.82 Å². The van der Waals surface area contributed by atoms with Crippen LogP contribution in [-0.2, 0) is 0 Å². The Hall–Kier alpha value is -3.54. The summed E-state index contributed by atoms with van der Waals surface area (Å²) >= 11 is 0. The average Bonchev–Trinajstić information content (AvgIpc) is 3.19. The second kappa shape index (κ2) is 7.37. The van der Waals surface area contributed by atoms with Crippen LogP contribution in [0.15, 0.2) is 71.3 Å². The van der Waals surface area contributed by atoms with Gasteiger partial charge in [-0.2, -0.15) is 4.98 Å². The summed E-state index contributed by atoms with van der Waals surface area (Å²) in [5.41, 5.74) is 2.59. The quantitative estimate of drug-likeness (QED) is 0.500. The summed E-state index contributed by atoms with van der Waals surface area (Å²) in [4.78, 5) is 8.91. The monoisotopic (exact) mass is 361 g/mol. The zero-order valence-corrected chi connectivity index (χ0v) is 14.6. The molecule has 4 aromatic rings. The van der Waals surface area contributed by atoms with Crippen molar-refractivity contribution < 1.29 is 13.7 Å². The van der Waals surface area contributed by atoms with Gasteiger partial charge in [0.15, 0.2) is 0 Å². The number of pyridine rings is 1. The molecule has 0 aliphatic rings. The van der Waals surface area contributed by atoms with Crippen molar-refractivity contribution in [3.8, 4) is 40.0 Å². The van der Waals surface area contributed by atoms with E-state index in [1.165, 1.54) is 6.07 Å². The maximum absolute atomic E-state index is 14.0. The van der Waals surface area contributed by atoms with Gasteiger partial charge < -0.3 is 9.26 Å². The third-order valence-corrected chi connectivity index (χ3v) is 3.98. The van der Waals surface area contributed by atoms with Crippen molar-refractivity contribution in [3.05, 3.63) is 72.5 Å². The van der Waals surface area contributed by atoms with Crippen molar-refractivity contribution in [1.82, 2.24) is 15.1 Å². The van der Waals surface area contributed by atoms with Crippen molar-refractivity contribution in [3.63, 3.8) is 0 Å². The fourth-order valence-electron chi connectivity index (χ4n) is 2.70. The number of halogens is 1. The molecule has 2 aromatic carbocycles. The number of rotatable bonds is 5. The molecule has 5 nitrogen and oxygen atoms in total. The molecule has 0 fully saturated rings. The molecular weight excluding hydrogens is 345 g/mol. The maximum Gasteiger partial charge on any atom is 0.261 e. The van der Waals surface area contributed by atoms with E-state index in [-0.39, 0.29) is 11.5 Å². The minimum absolute atomic E-state index is 0.109. The molecule has 0 unspecified atom stereocenters.